The highest BCUT2D eigenvalue weighted by Gasteiger charge is 2.37. The highest BCUT2D eigenvalue weighted by molar-refractivity contribution is 6.39. The van der Waals surface area contributed by atoms with E-state index in [2.05, 4.69) is 5.32 Å². The molecule has 1 aliphatic heterocycles. The molecule has 0 spiro atoms. The predicted octanol–water partition coefficient (Wildman–Crippen LogP) is 3.61. The normalized spacial score (nSPS) is 14.1. The molecule has 39 heavy (non-hydrogen) atoms. The van der Waals surface area contributed by atoms with E-state index in [4.69, 9.17) is 23.7 Å². The predicted molar refractivity (Wildman–Crippen MR) is 139 cm³/mol. The zero-order valence-electron chi connectivity index (χ0n) is 21.5. The van der Waals surface area contributed by atoms with Crippen LogP contribution in [0, 0.1) is 0 Å². The Morgan fingerprint density at radius 1 is 0.795 bits per heavy atom. The molecule has 0 aromatic heterocycles. The second kappa shape index (κ2) is 11.4. The highest BCUT2D eigenvalue weighted by atomic mass is 16.5. The maximum atomic E-state index is 13.3. The Labute approximate surface area is 223 Å². The van der Waals surface area contributed by atoms with Gasteiger partial charge in [0, 0.05) is 5.56 Å². The highest BCUT2D eigenvalue weighted by Crippen LogP contribution is 2.38. The third-order valence-corrected chi connectivity index (χ3v) is 5.75. The van der Waals surface area contributed by atoms with Crippen LogP contribution in [0.5, 0.6) is 28.7 Å². The van der Waals surface area contributed by atoms with E-state index in [1.165, 1.54) is 64.8 Å². The van der Waals surface area contributed by atoms with Crippen molar-refractivity contribution in [3.63, 3.8) is 0 Å². The number of hydrogen-bond donors (Lipinski definition) is 1. The first kappa shape index (κ1) is 26.7. The number of carbonyl (C=O) groups is 4. The molecule has 0 radical (unpaired) electrons. The summed E-state index contributed by atoms with van der Waals surface area (Å²) in [7, 11) is 5.76. The van der Waals surface area contributed by atoms with Crippen LogP contribution in [0.1, 0.15) is 15.9 Å². The Morgan fingerprint density at radius 2 is 1.44 bits per heavy atom. The van der Waals surface area contributed by atoms with Crippen LogP contribution in [-0.2, 0) is 9.59 Å². The standard InChI is InChI=1S/C28H24N2O9/c1-35-19-11-9-18(10-12-19)30-26(32)20(25(31)29-28(30)34)13-16-7-5-6-8-21(16)39-27(33)17-14-22(36-2)24(38-4)23(15-17)37-3/h5-15H,1-4H3,(H,29,31,34)/b20-13-. The van der Waals surface area contributed by atoms with Crippen molar-refractivity contribution in [3.05, 3.63) is 77.4 Å². The van der Waals surface area contributed by atoms with E-state index in [1.54, 1.807) is 30.3 Å². The monoisotopic (exact) mass is 532 g/mol. The second-order valence-corrected chi connectivity index (χ2v) is 8.00. The van der Waals surface area contributed by atoms with Gasteiger partial charge >= 0.3 is 12.0 Å². The molecule has 11 nitrogen and oxygen atoms in total. The molecule has 3 aromatic rings. The molecule has 11 heteroatoms. The van der Waals surface area contributed by atoms with Crippen molar-refractivity contribution in [2.45, 2.75) is 0 Å². The van der Waals surface area contributed by atoms with E-state index in [0.29, 0.717) is 11.5 Å². The molecule has 0 saturated carbocycles. The van der Waals surface area contributed by atoms with Crippen molar-refractivity contribution < 1.29 is 42.9 Å². The number of carbonyl (C=O) groups excluding carboxylic acids is 4. The van der Waals surface area contributed by atoms with Gasteiger partial charge in [-0.3, -0.25) is 14.9 Å². The molecule has 0 unspecified atom stereocenters. The number of anilines is 1. The number of imide groups is 2. The van der Waals surface area contributed by atoms with E-state index in [9.17, 15) is 19.2 Å². The van der Waals surface area contributed by atoms with Crippen molar-refractivity contribution in [2.24, 2.45) is 0 Å². The minimum Gasteiger partial charge on any atom is -0.497 e. The van der Waals surface area contributed by atoms with Gasteiger partial charge in [0.05, 0.1) is 39.7 Å². The minimum atomic E-state index is -0.894. The molecule has 1 saturated heterocycles. The van der Waals surface area contributed by atoms with Crippen LogP contribution < -0.4 is 33.9 Å². The molecule has 0 bridgehead atoms. The Morgan fingerprint density at radius 3 is 2.03 bits per heavy atom. The third-order valence-electron chi connectivity index (χ3n) is 5.75. The number of para-hydroxylation sites is 1. The summed E-state index contributed by atoms with van der Waals surface area (Å²) in [6.07, 6.45) is 1.25. The molecule has 4 rings (SSSR count). The maximum Gasteiger partial charge on any atom is 0.343 e. The lowest BCUT2D eigenvalue weighted by atomic mass is 10.1. The first-order valence-corrected chi connectivity index (χ1v) is 11.5. The lowest BCUT2D eigenvalue weighted by Gasteiger charge is -2.26. The average molecular weight is 533 g/mol. The van der Waals surface area contributed by atoms with E-state index in [0.717, 1.165) is 4.90 Å². The molecule has 0 aliphatic carbocycles. The van der Waals surface area contributed by atoms with E-state index < -0.39 is 23.8 Å². The molecule has 4 amide bonds. The van der Waals surface area contributed by atoms with Gasteiger partial charge in [0.25, 0.3) is 11.8 Å². The topological polar surface area (TPSA) is 130 Å². The van der Waals surface area contributed by atoms with Crippen LogP contribution in [0.15, 0.2) is 66.2 Å². The van der Waals surface area contributed by atoms with E-state index in [-0.39, 0.29) is 39.6 Å². The lowest BCUT2D eigenvalue weighted by Crippen LogP contribution is -2.54. The maximum absolute atomic E-state index is 13.3. The number of urea groups is 1. The molecule has 1 N–H and O–H groups in total. The fraction of sp³-hybridized carbons (Fsp3) is 0.143. The first-order chi connectivity index (χ1) is 18.8. The zero-order valence-corrected chi connectivity index (χ0v) is 21.5. The summed E-state index contributed by atoms with van der Waals surface area (Å²) < 4.78 is 26.6. The van der Waals surface area contributed by atoms with E-state index in [1.807, 2.05) is 0 Å². The van der Waals surface area contributed by atoms with Crippen LogP contribution in [0.2, 0.25) is 0 Å². The van der Waals surface area contributed by atoms with Gasteiger partial charge in [0.15, 0.2) is 11.5 Å². The molecule has 1 fully saturated rings. The molecular formula is C28H24N2O9. The smallest absolute Gasteiger partial charge is 0.343 e. The number of barbiturate groups is 1. The Bertz CT molecular complexity index is 1450. The summed E-state index contributed by atoms with van der Waals surface area (Å²) >= 11 is 0. The van der Waals surface area contributed by atoms with Crippen LogP contribution in [0.3, 0.4) is 0 Å². The van der Waals surface area contributed by atoms with Crippen molar-refractivity contribution in [2.75, 3.05) is 33.3 Å². The number of methoxy groups -OCH3 is 4. The summed E-state index contributed by atoms with van der Waals surface area (Å²) in [6.45, 7) is 0. The van der Waals surface area contributed by atoms with Crippen molar-refractivity contribution in [1.29, 1.82) is 0 Å². The summed E-state index contributed by atoms with van der Waals surface area (Å²) in [4.78, 5) is 52.3. The van der Waals surface area contributed by atoms with Gasteiger partial charge < -0.3 is 23.7 Å². The summed E-state index contributed by atoms with van der Waals surface area (Å²) in [5.41, 5.74) is 0.260. The van der Waals surface area contributed by atoms with Crippen LogP contribution >= 0.6 is 0 Å². The molecule has 1 heterocycles. The zero-order chi connectivity index (χ0) is 28.1. The van der Waals surface area contributed by atoms with Crippen LogP contribution in [0.4, 0.5) is 10.5 Å². The van der Waals surface area contributed by atoms with Gasteiger partial charge in [-0.1, -0.05) is 18.2 Å². The molecule has 200 valence electrons. The van der Waals surface area contributed by atoms with Crippen molar-refractivity contribution in [1.82, 2.24) is 5.32 Å². The second-order valence-electron chi connectivity index (χ2n) is 8.00. The number of benzene rings is 3. The van der Waals surface area contributed by atoms with Gasteiger partial charge in [-0.15, -0.1) is 0 Å². The number of amides is 4. The quantitative estimate of drug-likeness (QED) is 0.200. The number of ether oxygens (including phenoxy) is 5. The first-order valence-electron chi connectivity index (χ1n) is 11.5. The minimum absolute atomic E-state index is 0.0669. The summed E-state index contributed by atoms with van der Waals surface area (Å²) in [5, 5.41) is 2.16. The Hall–Kier alpha value is -5.32. The largest absolute Gasteiger partial charge is 0.497 e. The number of rotatable bonds is 8. The van der Waals surface area contributed by atoms with Crippen LogP contribution in [0.25, 0.3) is 6.08 Å². The number of nitrogens with zero attached hydrogens (tertiary/aromatic N) is 1. The van der Waals surface area contributed by atoms with Gasteiger partial charge in [-0.2, -0.15) is 0 Å². The van der Waals surface area contributed by atoms with Gasteiger partial charge in [-0.25, -0.2) is 14.5 Å². The summed E-state index contributed by atoms with van der Waals surface area (Å²) in [6, 6.07) is 14.5. The SMILES string of the molecule is COc1ccc(N2C(=O)NC(=O)/C(=C/c3ccccc3OC(=O)c3cc(OC)c(OC)c(OC)c3)C2=O)cc1. The third kappa shape index (κ3) is 5.37. The molecular weight excluding hydrogens is 508 g/mol. The Kier molecular flexibility index (Phi) is 7.80. The Balaban J connectivity index is 1.66. The number of hydrogen-bond acceptors (Lipinski definition) is 9. The van der Waals surface area contributed by atoms with Crippen molar-refractivity contribution >= 4 is 35.6 Å². The fourth-order valence-corrected chi connectivity index (χ4v) is 3.83. The fourth-order valence-electron chi connectivity index (χ4n) is 3.83. The van der Waals surface area contributed by atoms with Gasteiger partial charge in [-0.05, 0) is 48.5 Å². The van der Waals surface area contributed by atoms with Gasteiger partial charge in [0.2, 0.25) is 5.75 Å². The average Bonchev–Trinajstić information content (AvgIpc) is 2.95. The number of esters is 1. The van der Waals surface area contributed by atoms with Crippen LogP contribution in [-0.4, -0.2) is 52.3 Å². The molecule has 3 aromatic carbocycles. The van der Waals surface area contributed by atoms with Crippen molar-refractivity contribution in [3.8, 4) is 28.7 Å². The number of nitrogens with one attached hydrogen (secondary N) is 1. The molecule has 0 atom stereocenters. The van der Waals surface area contributed by atoms with Gasteiger partial charge in [0.1, 0.15) is 17.1 Å². The lowest BCUT2D eigenvalue weighted by molar-refractivity contribution is -0.122. The summed E-state index contributed by atoms with van der Waals surface area (Å²) in [5.74, 6) is -1.08. The van der Waals surface area contributed by atoms with E-state index >= 15 is 0 Å². The molecule has 1 aliphatic rings.